The van der Waals surface area contributed by atoms with E-state index in [1.165, 1.54) is 75.0 Å². The molecule has 1 aromatic carbocycles. The molecule has 148 valence electrons. The van der Waals surface area contributed by atoms with Crippen LogP contribution >= 0.6 is 0 Å². The predicted octanol–water partition coefficient (Wildman–Crippen LogP) is 7.51. The van der Waals surface area contributed by atoms with Crippen LogP contribution in [0.4, 0.5) is 0 Å². The summed E-state index contributed by atoms with van der Waals surface area (Å²) >= 11 is 0. The fraction of sp³-hybridized carbons (Fsp3) is 0.520. The van der Waals surface area contributed by atoms with Crippen LogP contribution in [0, 0.1) is 0 Å². The maximum absolute atomic E-state index is 9.81. The number of phenols is 1. The molecule has 0 aliphatic heterocycles. The van der Waals surface area contributed by atoms with Crippen molar-refractivity contribution in [3.05, 3.63) is 66.0 Å². The molecule has 0 unspecified atom stereocenters. The van der Waals surface area contributed by atoms with E-state index < -0.39 is 0 Å². The minimum atomic E-state index is -0.0369. The van der Waals surface area contributed by atoms with E-state index in [2.05, 4.69) is 31.7 Å². The van der Waals surface area contributed by atoms with Crippen LogP contribution in [0.1, 0.15) is 83.1 Å². The molecule has 0 heterocycles. The van der Waals surface area contributed by atoms with Crippen molar-refractivity contribution in [1.82, 2.24) is 0 Å². The first kappa shape index (κ1) is 21.3. The minimum Gasteiger partial charge on any atom is -0.508 e. The lowest BCUT2D eigenvalue weighted by molar-refractivity contribution is 0.375. The Hall–Kier alpha value is -1.96. The maximum Gasteiger partial charge on any atom is 0.115 e. The minimum absolute atomic E-state index is 0.0369. The third-order valence-electron chi connectivity index (χ3n) is 6.10. The monoisotopic (exact) mass is 368 g/mol. The van der Waals surface area contributed by atoms with Crippen molar-refractivity contribution in [3.63, 3.8) is 0 Å². The Morgan fingerprint density at radius 1 is 0.852 bits per heavy atom. The first-order valence-electron chi connectivity index (χ1n) is 10.6. The molecule has 0 amide bonds. The van der Waals surface area contributed by atoms with Gasteiger partial charge in [-0.3, -0.25) is 0 Å². The van der Waals surface area contributed by atoms with Gasteiger partial charge in [-0.1, -0.05) is 88.1 Å². The zero-order valence-corrected chi connectivity index (χ0v) is 16.9. The average Bonchev–Trinajstić information content (AvgIpc) is 2.67. The van der Waals surface area contributed by atoms with Gasteiger partial charge in [0.15, 0.2) is 0 Å². The van der Waals surface area contributed by atoms with Gasteiger partial charge in [-0.15, -0.1) is 0 Å². The second kappa shape index (κ2) is 11.0. The molecule has 27 heavy (non-hydrogen) atoms. The maximum atomic E-state index is 9.81. The van der Waals surface area contributed by atoms with Crippen LogP contribution < -0.4 is 0 Å². The zero-order valence-electron chi connectivity index (χ0n) is 16.9. The molecule has 1 saturated carbocycles. The van der Waals surface area contributed by atoms with Gasteiger partial charge in [0.05, 0.1) is 0 Å². The Morgan fingerprint density at radius 3 is 1.81 bits per heavy atom. The molecule has 1 aliphatic carbocycles. The van der Waals surface area contributed by atoms with Gasteiger partial charge >= 0.3 is 0 Å². The standard InChI is InChI=1S/C25H36O2/c1-3-23(26)16-13-21(2)25(22-14-17-24(27)18-15-22)19-11-9-7-5-4-6-8-10-12-20-25/h3,13-18,26-27H,1,4-12,19-20H2,2H3/b21-13+,23-16+. The molecule has 0 radical (unpaired) electrons. The molecule has 0 aromatic heterocycles. The number of allylic oxidation sites excluding steroid dienone is 4. The molecule has 2 nitrogen and oxygen atoms in total. The predicted molar refractivity (Wildman–Crippen MR) is 115 cm³/mol. The van der Waals surface area contributed by atoms with Crippen LogP contribution in [0.3, 0.4) is 0 Å². The molecule has 0 saturated heterocycles. The van der Waals surface area contributed by atoms with E-state index in [0.29, 0.717) is 5.75 Å². The van der Waals surface area contributed by atoms with Crippen LogP contribution in [-0.4, -0.2) is 10.2 Å². The fourth-order valence-electron chi connectivity index (χ4n) is 4.35. The van der Waals surface area contributed by atoms with Gasteiger partial charge in [-0.2, -0.15) is 0 Å². The molecule has 0 atom stereocenters. The van der Waals surface area contributed by atoms with E-state index in [1.807, 2.05) is 0 Å². The van der Waals surface area contributed by atoms with E-state index in [4.69, 9.17) is 0 Å². The van der Waals surface area contributed by atoms with Crippen molar-refractivity contribution in [2.24, 2.45) is 0 Å². The van der Waals surface area contributed by atoms with Crippen molar-refractivity contribution in [2.45, 2.75) is 83.0 Å². The highest BCUT2D eigenvalue weighted by Crippen LogP contribution is 2.43. The third-order valence-corrected chi connectivity index (χ3v) is 6.10. The molecule has 2 N–H and O–H groups in total. The molecule has 2 rings (SSSR count). The van der Waals surface area contributed by atoms with Gasteiger partial charge < -0.3 is 10.2 Å². The quantitative estimate of drug-likeness (QED) is 0.426. The summed E-state index contributed by atoms with van der Waals surface area (Å²) in [5.41, 5.74) is 2.52. The van der Waals surface area contributed by atoms with E-state index >= 15 is 0 Å². The molecule has 2 heteroatoms. The molecule has 1 aliphatic rings. The van der Waals surface area contributed by atoms with E-state index in [-0.39, 0.29) is 11.2 Å². The first-order chi connectivity index (χ1) is 13.1. The molecule has 0 spiro atoms. The van der Waals surface area contributed by atoms with Gasteiger partial charge in [0.25, 0.3) is 0 Å². The van der Waals surface area contributed by atoms with E-state index in [0.717, 1.165) is 12.8 Å². The lowest BCUT2D eigenvalue weighted by Crippen LogP contribution is -2.28. The molecule has 0 bridgehead atoms. The Labute approximate surface area is 165 Å². The highest BCUT2D eigenvalue weighted by Gasteiger charge is 2.33. The smallest absolute Gasteiger partial charge is 0.115 e. The van der Waals surface area contributed by atoms with Crippen LogP contribution in [0.5, 0.6) is 5.75 Å². The highest BCUT2D eigenvalue weighted by atomic mass is 16.3. The summed E-state index contributed by atoms with van der Waals surface area (Å²) in [5.74, 6) is 0.510. The summed E-state index contributed by atoms with van der Waals surface area (Å²) in [4.78, 5) is 0. The summed E-state index contributed by atoms with van der Waals surface area (Å²) in [6.07, 6.45) is 19.2. The van der Waals surface area contributed by atoms with Crippen LogP contribution in [0.25, 0.3) is 0 Å². The normalized spacial score (nSPS) is 20.3. The van der Waals surface area contributed by atoms with E-state index in [1.54, 1.807) is 18.2 Å². The molecule has 1 fully saturated rings. The van der Waals surface area contributed by atoms with Crippen molar-refractivity contribution >= 4 is 0 Å². The van der Waals surface area contributed by atoms with Crippen LogP contribution in [-0.2, 0) is 5.41 Å². The largest absolute Gasteiger partial charge is 0.508 e. The number of hydrogen-bond acceptors (Lipinski definition) is 2. The number of aliphatic hydroxyl groups excluding tert-OH is 1. The topological polar surface area (TPSA) is 40.5 Å². The van der Waals surface area contributed by atoms with Gasteiger partial charge in [0, 0.05) is 5.41 Å². The summed E-state index contributed by atoms with van der Waals surface area (Å²) in [6.45, 7) is 5.82. The number of rotatable bonds is 4. The summed E-state index contributed by atoms with van der Waals surface area (Å²) < 4.78 is 0. The SMILES string of the molecule is C=C/C(O)=C\C=C(/C)C1(c2ccc(O)cc2)CCCCCCCCCCC1. The lowest BCUT2D eigenvalue weighted by Gasteiger charge is -2.37. The molecular formula is C25H36O2. The number of aliphatic hydroxyl groups is 1. The summed E-state index contributed by atoms with van der Waals surface area (Å²) in [7, 11) is 0. The average molecular weight is 369 g/mol. The van der Waals surface area contributed by atoms with Crippen LogP contribution in [0.15, 0.2) is 60.4 Å². The number of benzene rings is 1. The van der Waals surface area contributed by atoms with Gasteiger partial charge in [0.1, 0.15) is 11.5 Å². The Bertz CT molecular complexity index is 625. The second-order valence-electron chi connectivity index (χ2n) is 7.96. The Balaban J connectivity index is 2.40. The van der Waals surface area contributed by atoms with Crippen LogP contribution in [0.2, 0.25) is 0 Å². The third kappa shape index (κ3) is 6.30. The van der Waals surface area contributed by atoms with Gasteiger partial charge in [-0.25, -0.2) is 0 Å². The number of aromatic hydroxyl groups is 1. The fourth-order valence-corrected chi connectivity index (χ4v) is 4.35. The van der Waals surface area contributed by atoms with Gasteiger partial charge in [-0.05, 0) is 49.6 Å². The second-order valence-corrected chi connectivity index (χ2v) is 7.96. The molecular weight excluding hydrogens is 332 g/mol. The van der Waals surface area contributed by atoms with Gasteiger partial charge in [0.2, 0.25) is 0 Å². The Kier molecular flexibility index (Phi) is 8.71. The van der Waals surface area contributed by atoms with Crippen molar-refractivity contribution in [2.75, 3.05) is 0 Å². The Morgan fingerprint density at radius 2 is 1.33 bits per heavy atom. The van der Waals surface area contributed by atoms with Crippen molar-refractivity contribution in [3.8, 4) is 5.75 Å². The van der Waals surface area contributed by atoms with Crippen molar-refractivity contribution < 1.29 is 10.2 Å². The summed E-state index contributed by atoms with van der Waals surface area (Å²) in [6, 6.07) is 7.76. The lowest BCUT2D eigenvalue weighted by atomic mass is 9.67. The first-order valence-corrected chi connectivity index (χ1v) is 10.6. The zero-order chi connectivity index (χ0) is 19.5. The van der Waals surface area contributed by atoms with E-state index in [9.17, 15) is 10.2 Å². The highest BCUT2D eigenvalue weighted by molar-refractivity contribution is 5.40. The summed E-state index contributed by atoms with van der Waals surface area (Å²) in [5, 5.41) is 19.6. The molecule has 1 aromatic rings. The number of hydrogen-bond donors (Lipinski definition) is 2. The van der Waals surface area contributed by atoms with Crippen molar-refractivity contribution in [1.29, 1.82) is 0 Å². The number of phenolic OH excluding ortho intramolecular Hbond substituents is 1.